The van der Waals surface area contributed by atoms with Gasteiger partial charge in [-0.3, -0.25) is 48.5 Å². The number of rotatable bonds is 15. The Hall–Kier alpha value is -2.71. The van der Waals surface area contributed by atoms with Crippen LogP contribution in [0, 0.1) is 10.1 Å². The van der Waals surface area contributed by atoms with Gasteiger partial charge in [-0.1, -0.05) is 24.3 Å². The van der Waals surface area contributed by atoms with Crippen LogP contribution in [-0.2, 0) is 32.9 Å². The molecule has 2 bridgehead atoms. The average molecular weight is 807 g/mol. The monoisotopic (exact) mass is 806 g/mol. The predicted octanol–water partition coefficient (Wildman–Crippen LogP) is 4.24. The Morgan fingerprint density at radius 1 is 0.648 bits per heavy atom. The maximum absolute atomic E-state index is 13.9. The zero-order valence-electron chi connectivity index (χ0n) is 30.7. The Bertz CT molecular complexity index is 1740. The second-order valence-electron chi connectivity index (χ2n) is 14.4. The first kappa shape index (κ1) is 42.4. The highest BCUT2D eigenvalue weighted by atomic mass is 31.2. The van der Waals surface area contributed by atoms with Crippen LogP contribution >= 0.6 is 22.1 Å². The van der Waals surface area contributed by atoms with Gasteiger partial charge in [0.25, 0.3) is 5.69 Å². The maximum Gasteiger partial charge on any atom is 0.269 e. The molecular weight excluding hydrogens is 753 g/mol. The third kappa shape index (κ3) is 14.7. The van der Waals surface area contributed by atoms with Gasteiger partial charge in [-0.2, -0.15) is 0 Å². The van der Waals surface area contributed by atoms with Crippen molar-refractivity contribution in [2.24, 2.45) is 0 Å². The third-order valence-corrected chi connectivity index (χ3v) is 16.5. The summed E-state index contributed by atoms with van der Waals surface area (Å²) in [5.74, 6) is -0.724. The van der Waals surface area contributed by atoms with Gasteiger partial charge in [0.05, 0.1) is 41.3 Å². The molecule has 5 rings (SSSR count). The molecule has 0 saturated carbocycles. The standard InChI is InChI=1S/C35H53N8O8P3/c44-43(45)35-11-9-32(10-12-35)27-52(46,47)31-54(50,51)29-41-18-6-16-38-19-20-39(22-24-41)15-5-17-40(23-21-38)28-53(48,49)30-42(25-33-7-1-3-13-36-33)26-34-8-2-4-14-37-34/h1-4,7-14H,5-6,15-31H2,(H,46,47)(H,48,49)(H,50,51). The van der Waals surface area contributed by atoms with E-state index in [-0.39, 0.29) is 30.7 Å². The highest BCUT2D eigenvalue weighted by Crippen LogP contribution is 2.59. The van der Waals surface area contributed by atoms with E-state index in [0.717, 1.165) is 50.4 Å². The lowest BCUT2D eigenvalue weighted by molar-refractivity contribution is -0.384. The van der Waals surface area contributed by atoms with Crippen molar-refractivity contribution in [1.29, 1.82) is 0 Å². The largest absolute Gasteiger partial charge is 0.344 e. The van der Waals surface area contributed by atoms with Crippen LogP contribution in [0.15, 0.2) is 73.1 Å². The second kappa shape index (κ2) is 19.9. The Kier molecular flexibility index (Phi) is 15.7. The molecule has 19 heteroatoms. The number of pyridine rings is 2. The summed E-state index contributed by atoms with van der Waals surface area (Å²) in [6.45, 7) is 7.78. The van der Waals surface area contributed by atoms with Crippen LogP contribution < -0.4 is 0 Å². The van der Waals surface area contributed by atoms with Crippen LogP contribution in [0.25, 0.3) is 0 Å². The normalized spacial score (nSPS) is 22.8. The number of nitro benzene ring substituents is 1. The van der Waals surface area contributed by atoms with E-state index in [1.165, 1.54) is 24.3 Å². The van der Waals surface area contributed by atoms with E-state index in [1.807, 2.05) is 46.2 Å². The molecule has 0 spiro atoms. The smallest absolute Gasteiger partial charge is 0.269 e. The van der Waals surface area contributed by atoms with E-state index < -0.39 is 32.9 Å². The van der Waals surface area contributed by atoms with Gasteiger partial charge < -0.3 is 24.5 Å². The van der Waals surface area contributed by atoms with Crippen molar-refractivity contribution in [3.8, 4) is 0 Å². The topological polar surface area (TPSA) is 197 Å². The highest BCUT2D eigenvalue weighted by Gasteiger charge is 2.34. The van der Waals surface area contributed by atoms with Crippen LogP contribution in [0.5, 0.6) is 0 Å². The van der Waals surface area contributed by atoms with E-state index >= 15 is 0 Å². The summed E-state index contributed by atoms with van der Waals surface area (Å²) in [6, 6.07) is 16.6. The average Bonchev–Trinajstić information content (AvgIpc) is 3.10. The maximum atomic E-state index is 13.9. The molecule has 2 fully saturated rings. The molecule has 2 aliphatic heterocycles. The molecule has 296 valence electrons. The number of aromatic nitrogens is 2. The summed E-state index contributed by atoms with van der Waals surface area (Å²) in [5, 5.41) is 10.9. The van der Waals surface area contributed by atoms with Crippen molar-refractivity contribution < 1.29 is 33.3 Å². The molecule has 5 atom stereocenters. The molecule has 16 nitrogen and oxygen atoms in total. The molecule has 3 aromatic rings. The molecule has 5 unspecified atom stereocenters. The Morgan fingerprint density at radius 3 is 1.63 bits per heavy atom. The van der Waals surface area contributed by atoms with Crippen LogP contribution in [-0.4, -0.2) is 144 Å². The van der Waals surface area contributed by atoms with Crippen molar-refractivity contribution in [2.45, 2.75) is 32.1 Å². The zero-order chi connectivity index (χ0) is 38.6. The molecule has 0 amide bonds. The summed E-state index contributed by atoms with van der Waals surface area (Å²) in [7, 11) is -11.7. The summed E-state index contributed by atoms with van der Waals surface area (Å²) < 4.78 is 40.3. The molecule has 2 saturated heterocycles. The first-order valence-electron chi connectivity index (χ1n) is 18.3. The lowest BCUT2D eigenvalue weighted by Gasteiger charge is -2.36. The molecule has 0 radical (unpaired) electrons. The number of hydrogen-bond donors (Lipinski definition) is 3. The van der Waals surface area contributed by atoms with Crippen LogP contribution in [0.1, 0.15) is 29.8 Å². The molecule has 0 aliphatic carbocycles. The molecule has 1 aromatic carbocycles. The minimum Gasteiger partial charge on any atom is -0.344 e. The molecule has 4 heterocycles. The van der Waals surface area contributed by atoms with Crippen molar-refractivity contribution in [3.05, 3.63) is 100 Å². The second-order valence-corrected chi connectivity index (χ2v) is 21.8. The third-order valence-electron chi connectivity index (χ3n) is 9.60. The Balaban J connectivity index is 1.15. The van der Waals surface area contributed by atoms with E-state index in [2.05, 4.69) is 24.7 Å². The van der Waals surface area contributed by atoms with Gasteiger partial charge in [-0.25, -0.2) is 0 Å². The van der Waals surface area contributed by atoms with Crippen LogP contribution in [0.4, 0.5) is 5.69 Å². The number of nitrogens with zero attached hydrogens (tertiary/aromatic N) is 8. The van der Waals surface area contributed by atoms with Crippen molar-refractivity contribution in [1.82, 2.24) is 34.5 Å². The van der Waals surface area contributed by atoms with Gasteiger partial charge in [0.2, 0.25) is 22.1 Å². The minimum atomic E-state index is -4.05. The van der Waals surface area contributed by atoms with E-state index in [9.17, 15) is 38.5 Å². The highest BCUT2D eigenvalue weighted by molar-refractivity contribution is 7.74. The van der Waals surface area contributed by atoms with Crippen molar-refractivity contribution in [3.63, 3.8) is 0 Å². The SMILES string of the molecule is O=[N+]([O-])c1ccc(CP(=O)(O)CP(=O)(O)CN2CCCN3CCN(CCCN(CP(=O)(O)CN(Cc4ccccn4)Cc4ccccn4)CC3)CC2)cc1. The summed E-state index contributed by atoms with van der Waals surface area (Å²) in [4.78, 5) is 62.9. The Labute approximate surface area is 317 Å². The number of non-ortho nitro benzene ring substituents is 1. The molecule has 3 N–H and O–H groups in total. The van der Waals surface area contributed by atoms with E-state index in [1.54, 1.807) is 12.4 Å². The van der Waals surface area contributed by atoms with Gasteiger partial charge in [-0.05, 0) is 68.8 Å². The van der Waals surface area contributed by atoms with Crippen LogP contribution in [0.3, 0.4) is 0 Å². The molecule has 2 aliphatic rings. The molecule has 54 heavy (non-hydrogen) atoms. The number of fused-ring (bicyclic) bond motifs is 3. The summed E-state index contributed by atoms with van der Waals surface area (Å²) in [6.07, 6.45) is 4.53. The number of hydrogen-bond acceptors (Lipinski definition) is 12. The van der Waals surface area contributed by atoms with Crippen molar-refractivity contribution >= 4 is 27.8 Å². The predicted molar refractivity (Wildman–Crippen MR) is 209 cm³/mol. The van der Waals surface area contributed by atoms with Gasteiger partial charge in [0, 0.05) is 76.9 Å². The van der Waals surface area contributed by atoms with Gasteiger partial charge in [-0.15, -0.1) is 0 Å². The first-order chi connectivity index (χ1) is 25.7. The summed E-state index contributed by atoms with van der Waals surface area (Å²) >= 11 is 0. The van der Waals surface area contributed by atoms with Gasteiger partial charge >= 0.3 is 0 Å². The van der Waals surface area contributed by atoms with Crippen molar-refractivity contribution in [2.75, 3.05) is 90.2 Å². The number of benzene rings is 1. The van der Waals surface area contributed by atoms with E-state index in [0.29, 0.717) is 57.9 Å². The van der Waals surface area contributed by atoms with E-state index in [4.69, 9.17) is 0 Å². The first-order valence-corrected chi connectivity index (χ1v) is 24.4. The zero-order valence-corrected chi connectivity index (χ0v) is 33.3. The minimum absolute atomic E-state index is 0.0137. The fraction of sp³-hybridized carbons (Fsp3) is 0.543. The quantitative estimate of drug-likeness (QED) is 0.112. The van der Waals surface area contributed by atoms with Crippen LogP contribution in [0.2, 0.25) is 0 Å². The fourth-order valence-electron chi connectivity index (χ4n) is 7.09. The summed E-state index contributed by atoms with van der Waals surface area (Å²) in [5.41, 5.74) is 1.89. The molecular formula is C35H53N8O8P3. The number of nitro groups is 1. The lowest BCUT2D eigenvalue weighted by Crippen LogP contribution is -2.47. The molecule has 2 aromatic heterocycles. The lowest BCUT2D eigenvalue weighted by atomic mass is 10.2. The fourth-order valence-corrected chi connectivity index (χ4v) is 14.1. The van der Waals surface area contributed by atoms with Gasteiger partial charge in [0.15, 0.2) is 0 Å². The Morgan fingerprint density at radius 2 is 1.15 bits per heavy atom. The van der Waals surface area contributed by atoms with Gasteiger partial charge in [0.1, 0.15) is 5.90 Å².